The number of hydrogen-bond donors (Lipinski definition) is 0. The van der Waals surface area contributed by atoms with Crippen molar-refractivity contribution in [2.45, 2.75) is 39.5 Å². The molecular weight excluding hydrogens is 163 g/mol. The monoisotopic (exact) mass is 182 g/mol. The van der Waals surface area contributed by atoms with Crippen LogP contribution in [0.4, 0.5) is 0 Å². The molecule has 0 amide bonds. The summed E-state index contributed by atoms with van der Waals surface area (Å²) in [6.07, 6.45) is 8.79. The largest absolute Gasteiger partial charge is 1.00 e. The molecule has 0 aliphatic heterocycles. The SMILES string of the molecule is CCCCCC[PH2+]CC.[Cl-]. The quantitative estimate of drug-likeness (QED) is 0.401. The molecule has 0 saturated heterocycles. The zero-order valence-electron chi connectivity index (χ0n) is 7.20. The fourth-order valence-electron chi connectivity index (χ4n) is 0.920. The lowest BCUT2D eigenvalue weighted by Gasteiger charge is -1.92. The number of hydrogen-bond acceptors (Lipinski definition) is 0. The van der Waals surface area contributed by atoms with Crippen LogP contribution in [-0.4, -0.2) is 12.3 Å². The molecule has 0 aromatic carbocycles. The average molecular weight is 183 g/mol. The standard InChI is InChI=1S/C8H19P.ClH/c1-3-5-6-7-8-9-4-2;/h9H,3-8H2,1-2H3;1H. The summed E-state index contributed by atoms with van der Waals surface area (Å²) in [4.78, 5) is 0. The highest BCUT2D eigenvalue weighted by Gasteiger charge is 1.90. The van der Waals surface area contributed by atoms with Gasteiger partial charge in [0.25, 0.3) is 0 Å². The van der Waals surface area contributed by atoms with Crippen LogP contribution in [0.1, 0.15) is 39.5 Å². The first-order valence-electron chi connectivity index (χ1n) is 4.23. The van der Waals surface area contributed by atoms with Crippen molar-refractivity contribution in [3.8, 4) is 0 Å². The zero-order valence-corrected chi connectivity index (χ0v) is 9.11. The smallest absolute Gasteiger partial charge is 0.0549 e. The lowest BCUT2D eigenvalue weighted by atomic mass is 10.2. The fraction of sp³-hybridized carbons (Fsp3) is 1.00. The molecule has 64 valence electrons. The molecule has 0 rings (SSSR count). The predicted octanol–water partition coefficient (Wildman–Crippen LogP) is 0.00140. The Bertz CT molecular complexity index is 42.5. The van der Waals surface area contributed by atoms with E-state index in [1.165, 1.54) is 38.0 Å². The van der Waals surface area contributed by atoms with Gasteiger partial charge in [-0.2, -0.15) is 0 Å². The first kappa shape index (κ1) is 13.3. The maximum Gasteiger partial charge on any atom is 0.0549 e. The highest BCUT2D eigenvalue weighted by atomic mass is 35.5. The molecule has 0 radical (unpaired) electrons. The number of halogens is 1. The van der Waals surface area contributed by atoms with Crippen LogP contribution in [0.15, 0.2) is 0 Å². The summed E-state index contributed by atoms with van der Waals surface area (Å²) in [6.45, 7) is 4.57. The summed E-state index contributed by atoms with van der Waals surface area (Å²) in [6, 6.07) is 0. The van der Waals surface area contributed by atoms with Crippen LogP contribution in [-0.2, 0) is 0 Å². The Balaban J connectivity index is 0. The molecule has 0 aromatic rings. The van der Waals surface area contributed by atoms with E-state index in [0.717, 1.165) is 8.58 Å². The molecule has 0 nitrogen and oxygen atoms in total. The minimum absolute atomic E-state index is 0. The van der Waals surface area contributed by atoms with Gasteiger partial charge in [0.2, 0.25) is 0 Å². The number of rotatable bonds is 6. The third-order valence-electron chi connectivity index (χ3n) is 1.55. The first-order valence-corrected chi connectivity index (χ1v) is 5.86. The molecule has 0 aliphatic carbocycles. The summed E-state index contributed by atoms with van der Waals surface area (Å²) in [5.41, 5.74) is 0. The average Bonchev–Trinajstić information content (AvgIpc) is 1.89. The van der Waals surface area contributed by atoms with E-state index in [1.807, 2.05) is 0 Å². The minimum Gasteiger partial charge on any atom is -1.00 e. The van der Waals surface area contributed by atoms with Crippen molar-refractivity contribution in [2.75, 3.05) is 12.3 Å². The molecule has 2 heteroatoms. The second-order valence-corrected chi connectivity index (χ2v) is 4.52. The molecule has 1 unspecified atom stereocenters. The van der Waals surface area contributed by atoms with Gasteiger partial charge in [0.1, 0.15) is 0 Å². The maximum absolute atomic E-state index is 2.30. The molecule has 1 atom stereocenters. The predicted molar refractivity (Wildman–Crippen MR) is 49.3 cm³/mol. The fourth-order valence-corrected chi connectivity index (χ4v) is 1.91. The van der Waals surface area contributed by atoms with Gasteiger partial charge in [0.05, 0.1) is 12.3 Å². The van der Waals surface area contributed by atoms with Crippen LogP contribution >= 0.6 is 8.58 Å². The van der Waals surface area contributed by atoms with Crippen LogP contribution in [0, 0.1) is 0 Å². The number of unbranched alkanes of at least 4 members (excludes halogenated alkanes) is 3. The minimum atomic E-state index is 0. The Kier molecular flexibility index (Phi) is 16.5. The summed E-state index contributed by atoms with van der Waals surface area (Å²) in [5.74, 6) is 0. The topological polar surface area (TPSA) is 0 Å². The van der Waals surface area contributed by atoms with E-state index in [9.17, 15) is 0 Å². The third-order valence-corrected chi connectivity index (χ3v) is 2.94. The van der Waals surface area contributed by atoms with Crippen molar-refractivity contribution < 1.29 is 12.4 Å². The van der Waals surface area contributed by atoms with Gasteiger partial charge in [0, 0.05) is 0 Å². The Morgan fingerprint density at radius 3 is 2.20 bits per heavy atom. The van der Waals surface area contributed by atoms with Crippen molar-refractivity contribution in [2.24, 2.45) is 0 Å². The molecule has 0 aliphatic rings. The summed E-state index contributed by atoms with van der Waals surface area (Å²) in [5, 5.41) is 0. The van der Waals surface area contributed by atoms with Crippen LogP contribution in [0.3, 0.4) is 0 Å². The van der Waals surface area contributed by atoms with Crippen LogP contribution in [0.5, 0.6) is 0 Å². The van der Waals surface area contributed by atoms with Crippen LogP contribution < -0.4 is 12.4 Å². The van der Waals surface area contributed by atoms with Crippen molar-refractivity contribution in [3.05, 3.63) is 0 Å². The summed E-state index contributed by atoms with van der Waals surface area (Å²) < 4.78 is 0. The third kappa shape index (κ3) is 11.5. The first-order chi connectivity index (χ1) is 4.41. The van der Waals surface area contributed by atoms with Crippen LogP contribution in [0.25, 0.3) is 0 Å². The molecule has 0 fully saturated rings. The van der Waals surface area contributed by atoms with E-state index in [0.29, 0.717) is 0 Å². The Morgan fingerprint density at radius 2 is 1.70 bits per heavy atom. The van der Waals surface area contributed by atoms with E-state index in [1.54, 1.807) is 0 Å². The van der Waals surface area contributed by atoms with Crippen LogP contribution in [0.2, 0.25) is 0 Å². The highest BCUT2D eigenvalue weighted by molar-refractivity contribution is 7.37. The molecule has 0 saturated carbocycles. The van der Waals surface area contributed by atoms with Gasteiger partial charge in [-0.3, -0.25) is 0 Å². The molecule has 0 bridgehead atoms. The van der Waals surface area contributed by atoms with Gasteiger partial charge in [0.15, 0.2) is 0 Å². The summed E-state index contributed by atoms with van der Waals surface area (Å²) in [7, 11) is 0.810. The lowest BCUT2D eigenvalue weighted by molar-refractivity contribution is -0.00000204. The van der Waals surface area contributed by atoms with Gasteiger partial charge in [-0.25, -0.2) is 0 Å². The van der Waals surface area contributed by atoms with Crippen molar-refractivity contribution in [1.29, 1.82) is 0 Å². The normalized spacial score (nSPS) is 10.2. The Hall–Kier alpha value is 0.720. The van der Waals surface area contributed by atoms with Gasteiger partial charge in [-0.1, -0.05) is 19.8 Å². The maximum atomic E-state index is 2.30. The van der Waals surface area contributed by atoms with E-state index < -0.39 is 0 Å². The Morgan fingerprint density at radius 1 is 1.00 bits per heavy atom. The molecule has 0 heterocycles. The molecule has 0 aromatic heterocycles. The van der Waals surface area contributed by atoms with E-state index in [4.69, 9.17) is 0 Å². The van der Waals surface area contributed by atoms with Crippen molar-refractivity contribution in [3.63, 3.8) is 0 Å². The lowest BCUT2D eigenvalue weighted by Crippen LogP contribution is -3.00. The second-order valence-electron chi connectivity index (χ2n) is 2.55. The van der Waals surface area contributed by atoms with Gasteiger partial charge in [-0.05, 0) is 28.3 Å². The van der Waals surface area contributed by atoms with Crippen molar-refractivity contribution >= 4 is 8.58 Å². The van der Waals surface area contributed by atoms with Gasteiger partial charge >= 0.3 is 0 Å². The van der Waals surface area contributed by atoms with E-state index in [-0.39, 0.29) is 12.4 Å². The van der Waals surface area contributed by atoms with E-state index in [2.05, 4.69) is 13.8 Å². The van der Waals surface area contributed by atoms with Gasteiger partial charge < -0.3 is 12.4 Å². The van der Waals surface area contributed by atoms with Gasteiger partial charge in [-0.15, -0.1) is 0 Å². The summed E-state index contributed by atoms with van der Waals surface area (Å²) >= 11 is 0. The second kappa shape index (κ2) is 12.4. The zero-order chi connectivity index (χ0) is 6.95. The molecular formula is C8H20ClP. The van der Waals surface area contributed by atoms with Crippen molar-refractivity contribution in [1.82, 2.24) is 0 Å². The molecule has 10 heavy (non-hydrogen) atoms. The molecule has 0 spiro atoms. The highest BCUT2D eigenvalue weighted by Crippen LogP contribution is 2.12. The van der Waals surface area contributed by atoms with E-state index >= 15 is 0 Å². The molecule has 0 N–H and O–H groups in total. The Labute approximate surface area is 73.4 Å².